The third kappa shape index (κ3) is 4.03. The Labute approximate surface area is 122 Å². The first-order valence-electron chi connectivity index (χ1n) is 7.76. The maximum atomic E-state index is 13.6. The van der Waals surface area contributed by atoms with Gasteiger partial charge in [-0.1, -0.05) is 37.5 Å². The highest BCUT2D eigenvalue weighted by Gasteiger charge is 2.29. The molecular formula is C17H27FN2. The standard InChI is InChI=1S/C17H27FN2/c1-19-17(10-6-3-7-11-17)12-13-20(2)14-15-8-4-5-9-16(15)18/h4-5,8-9,19H,3,6-7,10-14H2,1-2H3. The van der Waals surface area contributed by atoms with Crippen molar-refractivity contribution in [1.82, 2.24) is 10.2 Å². The molecule has 1 aliphatic carbocycles. The second kappa shape index (κ2) is 7.19. The van der Waals surface area contributed by atoms with Gasteiger partial charge in [0.05, 0.1) is 0 Å². The van der Waals surface area contributed by atoms with Gasteiger partial charge in [-0.2, -0.15) is 0 Å². The minimum atomic E-state index is -0.0969. The molecule has 1 aromatic carbocycles. The number of hydrogen-bond donors (Lipinski definition) is 1. The summed E-state index contributed by atoms with van der Waals surface area (Å²) >= 11 is 0. The monoisotopic (exact) mass is 278 g/mol. The van der Waals surface area contributed by atoms with Crippen molar-refractivity contribution < 1.29 is 4.39 Å². The lowest BCUT2D eigenvalue weighted by molar-refractivity contribution is 0.193. The normalized spacial score (nSPS) is 18.4. The first-order chi connectivity index (χ1) is 9.65. The maximum absolute atomic E-state index is 13.6. The molecule has 1 N–H and O–H groups in total. The zero-order valence-electron chi connectivity index (χ0n) is 12.8. The molecule has 0 heterocycles. The highest BCUT2D eigenvalue weighted by Crippen LogP contribution is 2.30. The van der Waals surface area contributed by atoms with E-state index < -0.39 is 0 Å². The Kier molecular flexibility index (Phi) is 5.55. The van der Waals surface area contributed by atoms with Gasteiger partial charge in [-0.15, -0.1) is 0 Å². The Morgan fingerprint density at radius 3 is 2.55 bits per heavy atom. The fraction of sp³-hybridized carbons (Fsp3) is 0.647. The maximum Gasteiger partial charge on any atom is 0.127 e. The van der Waals surface area contributed by atoms with Crippen molar-refractivity contribution in [2.45, 2.75) is 50.6 Å². The number of nitrogens with one attached hydrogen (secondary N) is 1. The van der Waals surface area contributed by atoms with Gasteiger partial charge in [0, 0.05) is 17.6 Å². The molecule has 1 aliphatic rings. The molecule has 20 heavy (non-hydrogen) atoms. The lowest BCUT2D eigenvalue weighted by atomic mass is 9.79. The van der Waals surface area contributed by atoms with Crippen molar-refractivity contribution in [1.29, 1.82) is 0 Å². The first-order valence-corrected chi connectivity index (χ1v) is 7.76. The van der Waals surface area contributed by atoms with Crippen LogP contribution >= 0.6 is 0 Å². The van der Waals surface area contributed by atoms with Gasteiger partial charge in [0.2, 0.25) is 0 Å². The number of hydrogen-bond acceptors (Lipinski definition) is 2. The van der Waals surface area contributed by atoms with Crippen LogP contribution in [0.3, 0.4) is 0 Å². The van der Waals surface area contributed by atoms with Crippen LogP contribution in [-0.4, -0.2) is 31.1 Å². The molecule has 0 spiro atoms. The van der Waals surface area contributed by atoms with Crippen molar-refractivity contribution in [3.63, 3.8) is 0 Å². The zero-order valence-corrected chi connectivity index (χ0v) is 12.8. The second-order valence-electron chi connectivity index (χ2n) is 6.17. The fourth-order valence-corrected chi connectivity index (χ4v) is 3.25. The molecule has 0 atom stereocenters. The molecule has 3 heteroatoms. The van der Waals surface area contributed by atoms with E-state index in [2.05, 4.69) is 24.3 Å². The summed E-state index contributed by atoms with van der Waals surface area (Å²) < 4.78 is 13.6. The van der Waals surface area contributed by atoms with Gasteiger partial charge in [0.25, 0.3) is 0 Å². The van der Waals surface area contributed by atoms with Gasteiger partial charge in [-0.3, -0.25) is 0 Å². The number of rotatable bonds is 6. The molecular weight excluding hydrogens is 251 g/mol. The van der Waals surface area contributed by atoms with Gasteiger partial charge in [-0.05, 0) is 46.0 Å². The van der Waals surface area contributed by atoms with E-state index >= 15 is 0 Å². The van der Waals surface area contributed by atoms with Crippen LogP contribution in [-0.2, 0) is 6.54 Å². The van der Waals surface area contributed by atoms with Crippen LogP contribution in [0.15, 0.2) is 24.3 Å². The summed E-state index contributed by atoms with van der Waals surface area (Å²) in [6, 6.07) is 7.07. The highest BCUT2D eigenvalue weighted by atomic mass is 19.1. The number of halogens is 1. The van der Waals surface area contributed by atoms with Gasteiger partial charge in [0.1, 0.15) is 5.82 Å². The van der Waals surface area contributed by atoms with Crippen LogP contribution in [0.25, 0.3) is 0 Å². The molecule has 0 bridgehead atoms. The summed E-state index contributed by atoms with van der Waals surface area (Å²) in [6.45, 7) is 1.70. The van der Waals surface area contributed by atoms with E-state index in [0.29, 0.717) is 12.1 Å². The molecule has 0 aliphatic heterocycles. The SMILES string of the molecule is CNC1(CCN(C)Cc2ccccc2F)CCCCC1. The Bertz CT molecular complexity index is 413. The number of benzene rings is 1. The van der Waals surface area contributed by atoms with E-state index in [4.69, 9.17) is 0 Å². The van der Waals surface area contributed by atoms with Gasteiger partial charge in [-0.25, -0.2) is 4.39 Å². The van der Waals surface area contributed by atoms with E-state index in [1.54, 1.807) is 12.1 Å². The van der Waals surface area contributed by atoms with Crippen LogP contribution in [0.1, 0.15) is 44.1 Å². The molecule has 0 saturated heterocycles. The highest BCUT2D eigenvalue weighted by molar-refractivity contribution is 5.17. The third-order valence-electron chi connectivity index (χ3n) is 4.71. The Balaban J connectivity index is 1.85. The molecule has 0 radical (unpaired) electrons. The number of nitrogens with zero attached hydrogens (tertiary/aromatic N) is 1. The van der Waals surface area contributed by atoms with E-state index in [1.165, 1.54) is 32.1 Å². The van der Waals surface area contributed by atoms with E-state index in [1.807, 2.05) is 12.1 Å². The topological polar surface area (TPSA) is 15.3 Å². The lowest BCUT2D eigenvalue weighted by Crippen LogP contribution is -2.46. The van der Waals surface area contributed by atoms with Crippen LogP contribution in [0.2, 0.25) is 0 Å². The quantitative estimate of drug-likeness (QED) is 0.856. The van der Waals surface area contributed by atoms with Gasteiger partial charge < -0.3 is 10.2 Å². The van der Waals surface area contributed by atoms with Gasteiger partial charge >= 0.3 is 0 Å². The Morgan fingerprint density at radius 1 is 1.20 bits per heavy atom. The molecule has 1 saturated carbocycles. The predicted molar refractivity (Wildman–Crippen MR) is 82.2 cm³/mol. The van der Waals surface area contributed by atoms with Gasteiger partial charge in [0.15, 0.2) is 0 Å². The summed E-state index contributed by atoms with van der Waals surface area (Å²) in [4.78, 5) is 2.23. The molecule has 0 unspecified atom stereocenters. The average Bonchev–Trinajstić information content (AvgIpc) is 2.49. The summed E-state index contributed by atoms with van der Waals surface area (Å²) in [5.41, 5.74) is 1.10. The summed E-state index contributed by atoms with van der Waals surface area (Å²) in [5.74, 6) is -0.0969. The van der Waals surface area contributed by atoms with Crippen molar-refractivity contribution in [3.8, 4) is 0 Å². The van der Waals surface area contributed by atoms with Crippen LogP contribution < -0.4 is 5.32 Å². The molecule has 0 amide bonds. The minimum absolute atomic E-state index is 0.0969. The first kappa shape index (κ1) is 15.5. The smallest absolute Gasteiger partial charge is 0.127 e. The Hall–Kier alpha value is -0.930. The summed E-state index contributed by atoms with van der Waals surface area (Å²) in [6.07, 6.45) is 7.73. The van der Waals surface area contributed by atoms with Crippen LogP contribution in [0, 0.1) is 5.82 Å². The molecule has 112 valence electrons. The van der Waals surface area contributed by atoms with Crippen LogP contribution in [0.5, 0.6) is 0 Å². The van der Waals surface area contributed by atoms with E-state index in [0.717, 1.165) is 18.5 Å². The fourth-order valence-electron chi connectivity index (χ4n) is 3.25. The molecule has 2 rings (SSSR count). The van der Waals surface area contributed by atoms with E-state index in [9.17, 15) is 4.39 Å². The van der Waals surface area contributed by atoms with Crippen molar-refractivity contribution in [2.75, 3.05) is 20.6 Å². The Morgan fingerprint density at radius 2 is 1.90 bits per heavy atom. The largest absolute Gasteiger partial charge is 0.314 e. The molecule has 2 nitrogen and oxygen atoms in total. The van der Waals surface area contributed by atoms with Crippen molar-refractivity contribution in [3.05, 3.63) is 35.6 Å². The predicted octanol–water partition coefficient (Wildman–Crippen LogP) is 3.57. The summed E-state index contributed by atoms with van der Waals surface area (Å²) in [5, 5.41) is 3.55. The molecule has 0 aromatic heterocycles. The third-order valence-corrected chi connectivity index (χ3v) is 4.71. The molecule has 1 fully saturated rings. The van der Waals surface area contributed by atoms with E-state index in [-0.39, 0.29) is 5.82 Å². The summed E-state index contributed by atoms with van der Waals surface area (Å²) in [7, 11) is 4.17. The molecule has 1 aromatic rings. The van der Waals surface area contributed by atoms with Crippen molar-refractivity contribution >= 4 is 0 Å². The minimum Gasteiger partial charge on any atom is -0.314 e. The van der Waals surface area contributed by atoms with Crippen LogP contribution in [0.4, 0.5) is 4.39 Å². The average molecular weight is 278 g/mol. The lowest BCUT2D eigenvalue weighted by Gasteiger charge is -2.38. The zero-order chi connectivity index (χ0) is 14.4. The van der Waals surface area contributed by atoms with Crippen molar-refractivity contribution in [2.24, 2.45) is 0 Å². The second-order valence-corrected chi connectivity index (χ2v) is 6.17.